The van der Waals surface area contributed by atoms with Crippen LogP contribution in [0.15, 0.2) is 70.5 Å². The van der Waals surface area contributed by atoms with Gasteiger partial charge in [0.2, 0.25) is 0 Å². The quantitative estimate of drug-likeness (QED) is 0.398. The molecule has 0 aliphatic carbocycles. The van der Waals surface area contributed by atoms with Gasteiger partial charge in [0.1, 0.15) is 0 Å². The minimum Gasteiger partial charge on any atom is -0.298 e. The molecule has 3 aromatic rings. The number of hydrogen-bond donors (Lipinski definition) is 0. The Morgan fingerprint density at radius 1 is 0.955 bits per heavy atom. The molecule has 0 saturated carbocycles. The van der Waals surface area contributed by atoms with Crippen LogP contribution in [0.25, 0.3) is 10.8 Å². The van der Waals surface area contributed by atoms with Crippen LogP contribution in [0, 0.1) is 10.1 Å². The lowest BCUT2D eigenvalue weighted by Crippen LogP contribution is -1.92. The summed E-state index contributed by atoms with van der Waals surface area (Å²) in [5, 5.41) is 13.0. The number of benzene rings is 3. The first-order chi connectivity index (χ1) is 10.7. The normalized spacial score (nSPS) is 10.5. The van der Waals surface area contributed by atoms with E-state index in [1.54, 1.807) is 6.07 Å². The summed E-state index contributed by atoms with van der Waals surface area (Å²) >= 11 is 1.42. The smallest absolute Gasteiger partial charge is 0.270 e. The molecule has 3 aromatic carbocycles. The lowest BCUT2D eigenvalue weighted by atomic mass is 10.1. The Morgan fingerprint density at radius 2 is 1.73 bits per heavy atom. The van der Waals surface area contributed by atoms with Crippen LogP contribution < -0.4 is 0 Å². The summed E-state index contributed by atoms with van der Waals surface area (Å²) in [6.07, 6.45) is 0.649. The van der Waals surface area contributed by atoms with Crippen LogP contribution in [0.2, 0.25) is 0 Å². The van der Waals surface area contributed by atoms with Gasteiger partial charge in [-0.3, -0.25) is 14.9 Å². The van der Waals surface area contributed by atoms with Gasteiger partial charge in [0, 0.05) is 27.5 Å². The zero-order valence-corrected chi connectivity index (χ0v) is 12.2. The number of nitro groups is 1. The zero-order valence-electron chi connectivity index (χ0n) is 11.4. The molecule has 22 heavy (non-hydrogen) atoms. The predicted molar refractivity (Wildman–Crippen MR) is 86.6 cm³/mol. The van der Waals surface area contributed by atoms with E-state index in [9.17, 15) is 14.9 Å². The van der Waals surface area contributed by atoms with E-state index in [0.717, 1.165) is 15.7 Å². The zero-order chi connectivity index (χ0) is 15.5. The maximum Gasteiger partial charge on any atom is 0.270 e. The number of nitrogens with zero attached hydrogens (tertiary/aromatic N) is 1. The van der Waals surface area contributed by atoms with Crippen LogP contribution in [0.1, 0.15) is 10.4 Å². The Kier molecular flexibility index (Phi) is 3.89. The van der Waals surface area contributed by atoms with Crippen molar-refractivity contribution in [3.63, 3.8) is 0 Å². The van der Waals surface area contributed by atoms with Crippen molar-refractivity contribution in [2.75, 3.05) is 0 Å². The second-order valence-corrected chi connectivity index (χ2v) is 5.82. The van der Waals surface area contributed by atoms with E-state index in [-0.39, 0.29) is 5.69 Å². The van der Waals surface area contributed by atoms with Crippen molar-refractivity contribution in [3.05, 3.63) is 76.3 Å². The number of non-ortho nitro benzene ring substituents is 1. The molecule has 108 valence electrons. The number of hydrogen-bond acceptors (Lipinski definition) is 4. The van der Waals surface area contributed by atoms with E-state index in [2.05, 4.69) is 0 Å². The van der Waals surface area contributed by atoms with Crippen molar-refractivity contribution in [2.24, 2.45) is 0 Å². The third-order valence-corrected chi connectivity index (χ3v) is 4.36. The van der Waals surface area contributed by atoms with E-state index in [0.29, 0.717) is 16.7 Å². The van der Waals surface area contributed by atoms with Crippen molar-refractivity contribution in [1.29, 1.82) is 0 Å². The van der Waals surface area contributed by atoms with Gasteiger partial charge in [0.25, 0.3) is 5.69 Å². The molecule has 0 spiro atoms. The van der Waals surface area contributed by atoms with Crippen LogP contribution >= 0.6 is 11.8 Å². The molecule has 0 aromatic heterocycles. The van der Waals surface area contributed by atoms with Crippen molar-refractivity contribution in [2.45, 2.75) is 9.79 Å². The molecular weight excluding hydrogens is 298 g/mol. The van der Waals surface area contributed by atoms with E-state index >= 15 is 0 Å². The first kappa shape index (κ1) is 14.3. The lowest BCUT2D eigenvalue weighted by Gasteiger charge is -2.06. The summed E-state index contributed by atoms with van der Waals surface area (Å²) in [4.78, 5) is 23.1. The van der Waals surface area contributed by atoms with E-state index in [4.69, 9.17) is 0 Å². The molecule has 0 atom stereocenters. The van der Waals surface area contributed by atoms with Crippen molar-refractivity contribution >= 4 is 34.5 Å². The minimum absolute atomic E-state index is 0.0787. The van der Waals surface area contributed by atoms with Crippen molar-refractivity contribution in [3.8, 4) is 0 Å². The number of carbonyl (C=O) groups is 1. The standard InChI is InChI=1S/C17H11NO3S/c19-11-14-9-15(18(20)21)6-8-17(14)22-16-7-5-12-3-1-2-4-13(12)10-16/h1-11H. The highest BCUT2D eigenvalue weighted by molar-refractivity contribution is 7.99. The van der Waals surface area contributed by atoms with Gasteiger partial charge < -0.3 is 0 Å². The molecule has 0 saturated heterocycles. The van der Waals surface area contributed by atoms with Crippen LogP contribution in [0.5, 0.6) is 0 Å². The third-order valence-electron chi connectivity index (χ3n) is 3.28. The molecule has 3 rings (SSSR count). The van der Waals surface area contributed by atoms with E-state index in [1.807, 2.05) is 42.5 Å². The van der Waals surface area contributed by atoms with Crippen molar-refractivity contribution in [1.82, 2.24) is 0 Å². The highest BCUT2D eigenvalue weighted by Crippen LogP contribution is 2.33. The molecule has 5 heteroatoms. The topological polar surface area (TPSA) is 60.2 Å². The summed E-state index contributed by atoms with van der Waals surface area (Å²) in [5.74, 6) is 0. The van der Waals surface area contributed by atoms with E-state index in [1.165, 1.54) is 23.9 Å². The first-order valence-corrected chi connectivity index (χ1v) is 7.39. The Hall–Kier alpha value is -2.66. The van der Waals surface area contributed by atoms with Crippen LogP contribution in [0.4, 0.5) is 5.69 Å². The summed E-state index contributed by atoms with van der Waals surface area (Å²) in [6.45, 7) is 0. The van der Waals surface area contributed by atoms with E-state index < -0.39 is 4.92 Å². The summed E-state index contributed by atoms with van der Waals surface area (Å²) in [7, 11) is 0. The fraction of sp³-hybridized carbons (Fsp3) is 0. The Bertz CT molecular complexity index is 877. The van der Waals surface area contributed by atoms with Crippen LogP contribution in [-0.2, 0) is 0 Å². The van der Waals surface area contributed by atoms with Gasteiger partial charge in [-0.1, -0.05) is 42.1 Å². The minimum atomic E-state index is -0.503. The summed E-state index contributed by atoms with van der Waals surface area (Å²) in [5.41, 5.74) is 0.248. The molecular formula is C17H11NO3S. The second kappa shape index (κ2) is 5.99. The Balaban J connectivity index is 1.97. The maximum atomic E-state index is 11.2. The molecule has 4 nitrogen and oxygen atoms in total. The largest absolute Gasteiger partial charge is 0.298 e. The second-order valence-electron chi connectivity index (χ2n) is 4.71. The Labute approximate surface area is 130 Å². The average Bonchev–Trinajstić information content (AvgIpc) is 2.55. The first-order valence-electron chi connectivity index (χ1n) is 6.57. The molecule has 0 unspecified atom stereocenters. The predicted octanol–water partition coefficient (Wildman–Crippen LogP) is 4.71. The van der Waals surface area contributed by atoms with Gasteiger partial charge in [0.05, 0.1) is 4.92 Å². The van der Waals surface area contributed by atoms with Gasteiger partial charge in [-0.05, 0) is 29.0 Å². The van der Waals surface area contributed by atoms with Crippen molar-refractivity contribution < 1.29 is 9.72 Å². The third kappa shape index (κ3) is 2.84. The SMILES string of the molecule is O=Cc1cc([N+](=O)[O-])ccc1Sc1ccc2ccccc2c1. The number of nitro benzene ring substituents is 1. The molecule has 0 radical (unpaired) electrons. The van der Waals surface area contributed by atoms with Gasteiger partial charge in [0.15, 0.2) is 6.29 Å². The summed E-state index contributed by atoms with van der Waals surface area (Å²) in [6, 6.07) is 18.4. The summed E-state index contributed by atoms with van der Waals surface area (Å²) < 4.78 is 0. The highest BCUT2D eigenvalue weighted by atomic mass is 32.2. The van der Waals surface area contributed by atoms with Crippen LogP contribution in [0.3, 0.4) is 0 Å². The molecule has 0 N–H and O–H groups in total. The monoisotopic (exact) mass is 309 g/mol. The fourth-order valence-electron chi connectivity index (χ4n) is 2.19. The molecule has 0 amide bonds. The maximum absolute atomic E-state index is 11.2. The van der Waals surface area contributed by atoms with Gasteiger partial charge in [-0.2, -0.15) is 0 Å². The number of carbonyl (C=O) groups excluding carboxylic acids is 1. The van der Waals surface area contributed by atoms with Gasteiger partial charge in [-0.25, -0.2) is 0 Å². The molecule has 0 fully saturated rings. The fourth-order valence-corrected chi connectivity index (χ4v) is 3.13. The van der Waals surface area contributed by atoms with Crippen LogP contribution in [-0.4, -0.2) is 11.2 Å². The van der Waals surface area contributed by atoms with Gasteiger partial charge in [-0.15, -0.1) is 0 Å². The molecule has 0 aliphatic rings. The Morgan fingerprint density at radius 3 is 2.45 bits per heavy atom. The molecule has 0 bridgehead atoms. The average molecular weight is 309 g/mol. The lowest BCUT2D eigenvalue weighted by molar-refractivity contribution is -0.384. The highest BCUT2D eigenvalue weighted by Gasteiger charge is 2.11. The number of rotatable bonds is 4. The number of aldehydes is 1. The molecule has 0 heterocycles. The molecule has 0 aliphatic heterocycles. The number of fused-ring (bicyclic) bond motifs is 1. The van der Waals surface area contributed by atoms with Gasteiger partial charge >= 0.3 is 0 Å².